The monoisotopic (exact) mass is 270 g/mol. The molecule has 2 unspecified atom stereocenters. The Balaban J connectivity index is 2.34. The molecule has 0 aliphatic rings. The molecule has 5 heteroatoms. The van der Waals surface area contributed by atoms with Crippen molar-refractivity contribution in [1.29, 1.82) is 0 Å². The van der Waals surface area contributed by atoms with E-state index in [9.17, 15) is 4.79 Å². The van der Waals surface area contributed by atoms with Crippen LogP contribution in [-0.4, -0.2) is 24.3 Å². The van der Waals surface area contributed by atoms with Gasteiger partial charge in [-0.3, -0.25) is 0 Å². The Hall–Kier alpha value is -1.07. The molecule has 102 valence electrons. The minimum Gasteiger partial charge on any atom is -0.396 e. The molecule has 4 nitrogen and oxygen atoms in total. The Morgan fingerprint density at radius 3 is 2.89 bits per heavy atom. The normalized spacial score (nSPS) is 13.9. The van der Waals surface area contributed by atoms with Gasteiger partial charge in [0.05, 0.1) is 6.04 Å². The van der Waals surface area contributed by atoms with Crippen LogP contribution in [0.4, 0.5) is 4.79 Å². The molecule has 0 bridgehead atoms. The predicted molar refractivity (Wildman–Crippen MR) is 74.8 cm³/mol. The number of carbonyl (C=O) groups is 1. The number of thiophene rings is 1. The van der Waals surface area contributed by atoms with E-state index in [1.54, 1.807) is 11.3 Å². The molecule has 0 aromatic carbocycles. The third-order valence-corrected chi connectivity index (χ3v) is 3.82. The van der Waals surface area contributed by atoms with Crippen molar-refractivity contribution in [3.8, 4) is 0 Å². The third kappa shape index (κ3) is 5.06. The van der Waals surface area contributed by atoms with Gasteiger partial charge in [0.2, 0.25) is 0 Å². The van der Waals surface area contributed by atoms with Gasteiger partial charge in [0.15, 0.2) is 0 Å². The number of aliphatic hydroxyl groups is 1. The van der Waals surface area contributed by atoms with Crippen LogP contribution in [0.5, 0.6) is 0 Å². The SMILES string of the molecule is CCC(NC(=O)NCC(C)CCO)c1cccs1. The summed E-state index contributed by atoms with van der Waals surface area (Å²) >= 11 is 1.65. The zero-order valence-electron chi connectivity index (χ0n) is 11.0. The molecule has 0 radical (unpaired) electrons. The molecule has 1 heterocycles. The van der Waals surface area contributed by atoms with E-state index in [1.165, 1.54) is 4.88 Å². The van der Waals surface area contributed by atoms with Crippen LogP contribution in [-0.2, 0) is 0 Å². The molecule has 2 atom stereocenters. The lowest BCUT2D eigenvalue weighted by Gasteiger charge is -2.17. The summed E-state index contributed by atoms with van der Waals surface area (Å²) in [6.45, 7) is 4.82. The molecule has 0 fully saturated rings. The Morgan fingerprint density at radius 2 is 2.33 bits per heavy atom. The first-order valence-electron chi connectivity index (χ1n) is 6.36. The van der Waals surface area contributed by atoms with Gasteiger partial charge < -0.3 is 15.7 Å². The molecule has 0 aliphatic carbocycles. The summed E-state index contributed by atoms with van der Waals surface area (Å²) in [5, 5.41) is 16.6. The number of urea groups is 1. The summed E-state index contributed by atoms with van der Waals surface area (Å²) in [6, 6.07) is 3.97. The molecule has 2 amide bonds. The first-order chi connectivity index (χ1) is 8.67. The summed E-state index contributed by atoms with van der Waals surface area (Å²) < 4.78 is 0. The maximum atomic E-state index is 11.7. The fourth-order valence-corrected chi connectivity index (χ4v) is 2.52. The largest absolute Gasteiger partial charge is 0.396 e. The summed E-state index contributed by atoms with van der Waals surface area (Å²) in [5.74, 6) is 0.294. The van der Waals surface area contributed by atoms with Crippen LogP contribution >= 0.6 is 11.3 Å². The molecule has 3 N–H and O–H groups in total. The fraction of sp³-hybridized carbons (Fsp3) is 0.615. The van der Waals surface area contributed by atoms with Crippen molar-refractivity contribution in [2.75, 3.05) is 13.2 Å². The maximum Gasteiger partial charge on any atom is 0.315 e. The van der Waals surface area contributed by atoms with Gasteiger partial charge >= 0.3 is 6.03 Å². The summed E-state index contributed by atoms with van der Waals surface area (Å²) in [4.78, 5) is 12.9. The molecule has 0 saturated carbocycles. The van der Waals surface area contributed by atoms with Crippen LogP contribution in [0.3, 0.4) is 0 Å². The summed E-state index contributed by atoms with van der Waals surface area (Å²) in [7, 11) is 0. The second kappa shape index (κ2) is 8.11. The third-order valence-electron chi connectivity index (χ3n) is 2.83. The van der Waals surface area contributed by atoms with Crippen molar-refractivity contribution in [1.82, 2.24) is 10.6 Å². The summed E-state index contributed by atoms with van der Waals surface area (Å²) in [6.07, 6.45) is 1.59. The van der Waals surface area contributed by atoms with Gasteiger partial charge in [0, 0.05) is 18.0 Å². The van der Waals surface area contributed by atoms with E-state index in [4.69, 9.17) is 5.11 Å². The minimum absolute atomic E-state index is 0.0816. The number of carbonyl (C=O) groups excluding carboxylic acids is 1. The van der Waals surface area contributed by atoms with Gasteiger partial charge in [0.25, 0.3) is 0 Å². The van der Waals surface area contributed by atoms with Crippen LogP contribution < -0.4 is 10.6 Å². The molecular weight excluding hydrogens is 248 g/mol. The topological polar surface area (TPSA) is 61.4 Å². The lowest BCUT2D eigenvalue weighted by Crippen LogP contribution is -2.39. The van der Waals surface area contributed by atoms with Gasteiger partial charge in [-0.2, -0.15) is 0 Å². The lowest BCUT2D eigenvalue weighted by atomic mass is 10.1. The quantitative estimate of drug-likeness (QED) is 0.713. The number of nitrogens with one attached hydrogen (secondary N) is 2. The van der Waals surface area contributed by atoms with Crippen molar-refractivity contribution in [2.45, 2.75) is 32.7 Å². The number of hydrogen-bond donors (Lipinski definition) is 3. The smallest absolute Gasteiger partial charge is 0.315 e. The molecule has 0 saturated heterocycles. The average molecular weight is 270 g/mol. The van der Waals surface area contributed by atoms with Crippen molar-refractivity contribution in [2.24, 2.45) is 5.92 Å². The van der Waals surface area contributed by atoms with Gasteiger partial charge in [-0.25, -0.2) is 4.79 Å². The van der Waals surface area contributed by atoms with E-state index in [0.29, 0.717) is 18.9 Å². The molecule has 0 aliphatic heterocycles. The maximum absolute atomic E-state index is 11.7. The van der Waals surface area contributed by atoms with Crippen molar-refractivity contribution in [3.05, 3.63) is 22.4 Å². The van der Waals surface area contributed by atoms with Crippen LogP contribution in [0.15, 0.2) is 17.5 Å². The van der Waals surface area contributed by atoms with Gasteiger partial charge in [-0.15, -0.1) is 11.3 Å². The fourth-order valence-electron chi connectivity index (χ4n) is 1.66. The van der Waals surface area contributed by atoms with Gasteiger partial charge in [-0.1, -0.05) is 19.9 Å². The van der Waals surface area contributed by atoms with E-state index >= 15 is 0 Å². The summed E-state index contributed by atoms with van der Waals surface area (Å²) in [5.41, 5.74) is 0. The average Bonchev–Trinajstić information content (AvgIpc) is 2.87. The molecule has 1 aromatic rings. The predicted octanol–water partition coefficient (Wildman–Crippen LogP) is 2.52. The highest BCUT2D eigenvalue weighted by Gasteiger charge is 2.13. The van der Waals surface area contributed by atoms with Crippen LogP contribution in [0.1, 0.15) is 37.6 Å². The number of aliphatic hydroxyl groups excluding tert-OH is 1. The molecule has 0 spiro atoms. The van der Waals surface area contributed by atoms with E-state index in [1.807, 2.05) is 24.4 Å². The highest BCUT2D eigenvalue weighted by molar-refractivity contribution is 7.10. The highest BCUT2D eigenvalue weighted by atomic mass is 32.1. The van der Waals surface area contributed by atoms with E-state index < -0.39 is 0 Å². The van der Waals surface area contributed by atoms with E-state index in [-0.39, 0.29) is 18.7 Å². The van der Waals surface area contributed by atoms with Crippen molar-refractivity contribution < 1.29 is 9.90 Å². The first-order valence-corrected chi connectivity index (χ1v) is 7.24. The second-order valence-corrected chi connectivity index (χ2v) is 5.43. The lowest BCUT2D eigenvalue weighted by molar-refractivity contribution is 0.230. The molecule has 1 rings (SSSR count). The Kier molecular flexibility index (Phi) is 6.75. The van der Waals surface area contributed by atoms with E-state index in [2.05, 4.69) is 17.6 Å². The van der Waals surface area contributed by atoms with Gasteiger partial charge in [-0.05, 0) is 30.2 Å². The molecular formula is C13H22N2O2S. The Bertz CT molecular complexity index is 341. The molecule has 1 aromatic heterocycles. The number of rotatable bonds is 7. The highest BCUT2D eigenvalue weighted by Crippen LogP contribution is 2.21. The Morgan fingerprint density at radius 1 is 1.56 bits per heavy atom. The number of amides is 2. The molecule has 18 heavy (non-hydrogen) atoms. The van der Waals surface area contributed by atoms with Crippen molar-refractivity contribution >= 4 is 17.4 Å². The minimum atomic E-state index is -0.139. The van der Waals surface area contributed by atoms with Crippen molar-refractivity contribution in [3.63, 3.8) is 0 Å². The Labute approximate surface area is 112 Å². The standard InChI is InChI=1S/C13H22N2O2S/c1-3-11(12-5-4-8-18-12)15-13(17)14-9-10(2)6-7-16/h4-5,8,10-11,16H,3,6-7,9H2,1-2H3,(H2,14,15,17). The second-order valence-electron chi connectivity index (χ2n) is 4.45. The van der Waals surface area contributed by atoms with Crippen LogP contribution in [0.2, 0.25) is 0 Å². The first kappa shape index (κ1) is 15.0. The van der Waals surface area contributed by atoms with Gasteiger partial charge in [0.1, 0.15) is 0 Å². The zero-order chi connectivity index (χ0) is 13.4. The van der Waals surface area contributed by atoms with Crippen LogP contribution in [0, 0.1) is 5.92 Å². The number of hydrogen-bond acceptors (Lipinski definition) is 3. The van der Waals surface area contributed by atoms with E-state index in [0.717, 1.165) is 6.42 Å². The van der Waals surface area contributed by atoms with Crippen LogP contribution in [0.25, 0.3) is 0 Å². The zero-order valence-corrected chi connectivity index (χ0v) is 11.8.